The Morgan fingerprint density at radius 2 is 2.15 bits per heavy atom. The minimum absolute atomic E-state index is 0.160. The molecule has 0 amide bonds. The van der Waals surface area contributed by atoms with Gasteiger partial charge in [-0.2, -0.15) is 4.98 Å². The van der Waals surface area contributed by atoms with E-state index in [0.717, 1.165) is 5.82 Å². The van der Waals surface area contributed by atoms with Crippen molar-refractivity contribution in [1.82, 2.24) is 34.3 Å². The summed E-state index contributed by atoms with van der Waals surface area (Å²) < 4.78 is 8.78. The normalized spacial score (nSPS) is 12.8. The monoisotopic (exact) mass is 274 g/mol. The van der Waals surface area contributed by atoms with Gasteiger partial charge in [0.2, 0.25) is 11.8 Å². The average molecular weight is 274 g/mol. The molecule has 1 unspecified atom stereocenters. The minimum atomic E-state index is -0.160. The molecule has 3 aromatic rings. The molecule has 0 saturated heterocycles. The van der Waals surface area contributed by atoms with E-state index in [-0.39, 0.29) is 6.04 Å². The third-order valence-corrected chi connectivity index (χ3v) is 3.17. The first-order chi connectivity index (χ1) is 9.63. The molecule has 3 aromatic heterocycles. The van der Waals surface area contributed by atoms with Crippen LogP contribution in [0, 0.1) is 0 Å². The molecular weight excluding hydrogens is 260 g/mol. The summed E-state index contributed by atoms with van der Waals surface area (Å²) in [6.45, 7) is 1.95. The molecule has 20 heavy (non-hydrogen) atoms. The topological polar surface area (TPSA) is 110 Å². The summed E-state index contributed by atoms with van der Waals surface area (Å²) in [5.74, 6) is 1.48. The van der Waals surface area contributed by atoms with E-state index < -0.39 is 0 Å². The van der Waals surface area contributed by atoms with Crippen molar-refractivity contribution in [3.05, 3.63) is 18.5 Å². The number of aryl methyl sites for hydroxylation is 1. The first-order valence-corrected chi connectivity index (χ1v) is 5.99. The van der Waals surface area contributed by atoms with Crippen LogP contribution in [-0.4, -0.2) is 41.4 Å². The molecular formula is C11H14N8O. The first kappa shape index (κ1) is 12.3. The van der Waals surface area contributed by atoms with Gasteiger partial charge >= 0.3 is 0 Å². The van der Waals surface area contributed by atoms with Gasteiger partial charge < -0.3 is 15.0 Å². The van der Waals surface area contributed by atoms with Gasteiger partial charge in [-0.1, -0.05) is 0 Å². The van der Waals surface area contributed by atoms with Gasteiger partial charge in [0.05, 0.1) is 13.2 Å². The zero-order valence-corrected chi connectivity index (χ0v) is 11.3. The Bertz CT molecular complexity index is 761. The van der Waals surface area contributed by atoms with Crippen molar-refractivity contribution in [2.75, 3.05) is 12.8 Å². The lowest BCUT2D eigenvalue weighted by molar-refractivity contribution is 0.401. The molecule has 0 aliphatic rings. The Kier molecular flexibility index (Phi) is 2.74. The van der Waals surface area contributed by atoms with Gasteiger partial charge in [0.25, 0.3) is 0 Å². The van der Waals surface area contributed by atoms with Crippen LogP contribution >= 0.6 is 0 Å². The minimum Gasteiger partial charge on any atom is -0.479 e. The van der Waals surface area contributed by atoms with Crippen LogP contribution in [-0.2, 0) is 7.05 Å². The van der Waals surface area contributed by atoms with Gasteiger partial charge in [-0.3, -0.25) is 4.57 Å². The molecule has 9 heteroatoms. The van der Waals surface area contributed by atoms with Crippen LogP contribution in [0.1, 0.15) is 18.8 Å². The average Bonchev–Trinajstić information content (AvgIpc) is 3.00. The van der Waals surface area contributed by atoms with E-state index in [1.54, 1.807) is 10.9 Å². The third kappa shape index (κ3) is 1.67. The lowest BCUT2D eigenvalue weighted by atomic mass is 10.3. The fourth-order valence-electron chi connectivity index (χ4n) is 2.22. The number of anilines is 1. The maximum atomic E-state index is 6.01. The van der Waals surface area contributed by atoms with Gasteiger partial charge in [0.15, 0.2) is 17.0 Å². The van der Waals surface area contributed by atoms with Crippen molar-refractivity contribution in [2.45, 2.75) is 13.0 Å². The van der Waals surface area contributed by atoms with Gasteiger partial charge in [-0.25, -0.2) is 9.97 Å². The fraction of sp³-hybridized carbons (Fsp3) is 0.364. The van der Waals surface area contributed by atoms with E-state index >= 15 is 0 Å². The van der Waals surface area contributed by atoms with E-state index in [2.05, 4.69) is 25.1 Å². The van der Waals surface area contributed by atoms with Crippen molar-refractivity contribution in [3.8, 4) is 5.88 Å². The number of ether oxygens (including phenoxy) is 1. The van der Waals surface area contributed by atoms with Crippen LogP contribution in [0.2, 0.25) is 0 Å². The molecule has 0 radical (unpaired) electrons. The molecule has 0 bridgehead atoms. The van der Waals surface area contributed by atoms with Gasteiger partial charge in [0.1, 0.15) is 12.7 Å². The predicted octanol–water partition coefficient (Wildman–Crippen LogP) is 0.155. The standard InChI is InChI=1S/C11H14N8O/c1-6(8-17-15-5-18(8)2)19-9-7(16-11(19)12)10(20-3)14-4-13-9/h4-6H,1-3H3,(H2,12,16). The molecule has 0 aliphatic carbocycles. The second-order valence-electron chi connectivity index (χ2n) is 4.37. The summed E-state index contributed by atoms with van der Waals surface area (Å²) in [4.78, 5) is 12.5. The van der Waals surface area contributed by atoms with Crippen molar-refractivity contribution in [2.24, 2.45) is 7.05 Å². The number of methoxy groups -OCH3 is 1. The number of hydrogen-bond donors (Lipinski definition) is 1. The number of rotatable bonds is 3. The maximum Gasteiger partial charge on any atom is 0.245 e. The summed E-state index contributed by atoms with van der Waals surface area (Å²) in [6.07, 6.45) is 3.05. The molecule has 3 heterocycles. The van der Waals surface area contributed by atoms with Gasteiger partial charge in [-0.05, 0) is 6.92 Å². The molecule has 3 rings (SSSR count). The van der Waals surface area contributed by atoms with Crippen molar-refractivity contribution in [1.29, 1.82) is 0 Å². The second-order valence-corrected chi connectivity index (χ2v) is 4.37. The summed E-state index contributed by atoms with van der Waals surface area (Å²) >= 11 is 0. The quantitative estimate of drug-likeness (QED) is 0.724. The van der Waals surface area contributed by atoms with Crippen LogP contribution in [0.15, 0.2) is 12.7 Å². The molecule has 0 saturated carbocycles. The molecule has 0 aromatic carbocycles. The van der Waals surface area contributed by atoms with Crippen molar-refractivity contribution < 1.29 is 4.74 Å². The van der Waals surface area contributed by atoms with Crippen molar-refractivity contribution >= 4 is 17.1 Å². The first-order valence-electron chi connectivity index (χ1n) is 5.99. The molecule has 9 nitrogen and oxygen atoms in total. The van der Waals surface area contributed by atoms with Crippen LogP contribution in [0.3, 0.4) is 0 Å². The fourth-order valence-corrected chi connectivity index (χ4v) is 2.22. The summed E-state index contributed by atoms with van der Waals surface area (Å²) in [6, 6.07) is -0.160. The highest BCUT2D eigenvalue weighted by atomic mass is 16.5. The number of nitrogens with zero attached hydrogens (tertiary/aromatic N) is 7. The van der Waals surface area contributed by atoms with E-state index in [9.17, 15) is 0 Å². The summed E-state index contributed by atoms with van der Waals surface area (Å²) in [5.41, 5.74) is 7.14. The summed E-state index contributed by atoms with van der Waals surface area (Å²) in [5, 5.41) is 7.97. The number of nitrogens with two attached hydrogens (primary N) is 1. The third-order valence-electron chi connectivity index (χ3n) is 3.17. The number of fused-ring (bicyclic) bond motifs is 1. The van der Waals surface area contributed by atoms with Crippen LogP contribution in [0.5, 0.6) is 5.88 Å². The highest BCUT2D eigenvalue weighted by Gasteiger charge is 2.22. The Labute approximate surface area is 114 Å². The molecule has 2 N–H and O–H groups in total. The lowest BCUT2D eigenvalue weighted by Crippen LogP contribution is -2.14. The number of nitrogen functional groups attached to an aromatic ring is 1. The number of imidazole rings is 1. The zero-order chi connectivity index (χ0) is 14.3. The maximum absolute atomic E-state index is 6.01. The predicted molar refractivity (Wildman–Crippen MR) is 71.1 cm³/mol. The molecule has 0 aliphatic heterocycles. The number of aromatic nitrogens is 7. The Morgan fingerprint density at radius 3 is 2.80 bits per heavy atom. The molecule has 1 atom stereocenters. The highest BCUT2D eigenvalue weighted by Crippen LogP contribution is 2.28. The molecule has 104 valence electrons. The second kappa shape index (κ2) is 4.44. The van der Waals surface area contributed by atoms with Gasteiger partial charge in [-0.15, -0.1) is 10.2 Å². The molecule has 0 fully saturated rings. The molecule has 0 spiro atoms. The SMILES string of the molecule is COc1ncnc2c1nc(N)n2C(C)c1nncn1C. The number of hydrogen-bond acceptors (Lipinski definition) is 7. The lowest BCUT2D eigenvalue weighted by Gasteiger charge is -2.14. The highest BCUT2D eigenvalue weighted by molar-refractivity contribution is 5.79. The largest absolute Gasteiger partial charge is 0.479 e. The zero-order valence-electron chi connectivity index (χ0n) is 11.3. The van der Waals surface area contributed by atoms with Crippen molar-refractivity contribution in [3.63, 3.8) is 0 Å². The Hall–Kier alpha value is -2.71. The smallest absolute Gasteiger partial charge is 0.245 e. The van der Waals surface area contributed by atoms with Gasteiger partial charge in [0, 0.05) is 7.05 Å². The van der Waals surface area contributed by atoms with Crippen LogP contribution in [0.25, 0.3) is 11.2 Å². The van der Waals surface area contributed by atoms with E-state index in [0.29, 0.717) is 23.0 Å². The Balaban J connectivity index is 2.21. The van der Waals surface area contributed by atoms with E-state index in [4.69, 9.17) is 10.5 Å². The summed E-state index contributed by atoms with van der Waals surface area (Å²) in [7, 11) is 3.40. The Morgan fingerprint density at radius 1 is 1.35 bits per heavy atom. The van der Waals surface area contributed by atoms with E-state index in [1.807, 2.05) is 18.5 Å². The van der Waals surface area contributed by atoms with Crippen LogP contribution in [0.4, 0.5) is 5.95 Å². The van der Waals surface area contributed by atoms with Crippen LogP contribution < -0.4 is 10.5 Å². The van der Waals surface area contributed by atoms with E-state index in [1.165, 1.54) is 13.4 Å².